The average Bonchev–Trinajstić information content (AvgIpc) is 3.50. The van der Waals surface area contributed by atoms with Crippen molar-refractivity contribution < 1.29 is 14.2 Å². The first-order chi connectivity index (χ1) is 16.5. The lowest BCUT2D eigenvalue weighted by Gasteiger charge is -2.28. The van der Waals surface area contributed by atoms with Crippen LogP contribution in [0.4, 0.5) is 0 Å². The molecular formula is C25H32N6O3. The number of H-pyrrole nitrogens is 1. The van der Waals surface area contributed by atoms with Crippen LogP contribution in [0.2, 0.25) is 0 Å². The summed E-state index contributed by atoms with van der Waals surface area (Å²) in [5.41, 5.74) is 3.00. The van der Waals surface area contributed by atoms with Gasteiger partial charge in [-0.05, 0) is 59.5 Å². The fourth-order valence-electron chi connectivity index (χ4n) is 4.28. The van der Waals surface area contributed by atoms with Gasteiger partial charge in [0.25, 0.3) is 0 Å². The number of nitrogens with one attached hydrogen (secondary N) is 2. The predicted octanol–water partition coefficient (Wildman–Crippen LogP) is 3.69. The van der Waals surface area contributed by atoms with Crippen LogP contribution in [-0.4, -0.2) is 53.1 Å². The summed E-state index contributed by atoms with van der Waals surface area (Å²) < 4.78 is 18.2. The molecule has 2 heterocycles. The number of fused-ring (bicyclic) bond motifs is 1. The summed E-state index contributed by atoms with van der Waals surface area (Å²) >= 11 is 0. The molecule has 0 radical (unpaired) electrons. The summed E-state index contributed by atoms with van der Waals surface area (Å²) in [5.74, 6) is 2.54. The number of hydrogen-bond acceptors (Lipinski definition) is 7. The van der Waals surface area contributed by atoms with Gasteiger partial charge < -0.3 is 24.5 Å². The molecule has 4 aromatic rings. The van der Waals surface area contributed by atoms with E-state index < -0.39 is 5.54 Å². The normalized spacial score (nSPS) is 13.1. The van der Waals surface area contributed by atoms with Gasteiger partial charge in [-0.1, -0.05) is 25.1 Å². The number of hydrogen-bond donors (Lipinski definition) is 2. The molecule has 0 saturated heterocycles. The lowest BCUT2D eigenvalue weighted by molar-refractivity contribution is 0.317. The van der Waals surface area contributed by atoms with Crippen LogP contribution in [0.1, 0.15) is 37.2 Å². The number of nitrogens with zero attached hydrogens (tertiary/aromatic N) is 4. The van der Waals surface area contributed by atoms with Crippen molar-refractivity contribution in [1.82, 2.24) is 30.5 Å². The second-order valence-electron chi connectivity index (χ2n) is 8.42. The molecule has 0 amide bonds. The molecule has 0 aliphatic rings. The molecule has 1 atom stereocenters. The third-order valence-electron chi connectivity index (χ3n) is 6.37. The highest BCUT2D eigenvalue weighted by molar-refractivity contribution is 5.83. The number of aromatic amines is 1. The Balaban J connectivity index is 1.52. The Kier molecular flexibility index (Phi) is 7.02. The molecule has 0 aliphatic heterocycles. The number of aromatic nitrogens is 5. The van der Waals surface area contributed by atoms with E-state index in [2.05, 4.69) is 64.1 Å². The minimum absolute atomic E-state index is 0.393. The molecule has 0 fully saturated rings. The van der Waals surface area contributed by atoms with Crippen molar-refractivity contribution in [3.8, 4) is 17.2 Å². The second-order valence-corrected chi connectivity index (χ2v) is 8.42. The summed E-state index contributed by atoms with van der Waals surface area (Å²) in [6.45, 7) is 5.54. The van der Waals surface area contributed by atoms with Gasteiger partial charge in [0.1, 0.15) is 0 Å². The van der Waals surface area contributed by atoms with Crippen molar-refractivity contribution in [2.75, 3.05) is 27.9 Å². The first kappa shape index (κ1) is 23.6. The third-order valence-corrected chi connectivity index (χ3v) is 6.37. The maximum absolute atomic E-state index is 5.50. The Morgan fingerprint density at radius 2 is 1.79 bits per heavy atom. The zero-order chi connectivity index (χ0) is 24.1. The topological polar surface area (TPSA) is 99.1 Å². The number of ether oxygens (including phenoxy) is 3. The second kappa shape index (κ2) is 10.1. The number of methoxy groups -OCH3 is 3. The molecule has 34 heavy (non-hydrogen) atoms. The Bertz CT molecular complexity index is 1230. The van der Waals surface area contributed by atoms with Crippen LogP contribution in [0, 0.1) is 0 Å². The lowest BCUT2D eigenvalue weighted by Crippen LogP contribution is -2.42. The highest BCUT2D eigenvalue weighted by Crippen LogP contribution is 2.38. The van der Waals surface area contributed by atoms with E-state index in [1.807, 2.05) is 22.9 Å². The summed E-state index contributed by atoms with van der Waals surface area (Å²) in [6.07, 6.45) is 3.81. The van der Waals surface area contributed by atoms with Gasteiger partial charge in [0.2, 0.25) is 5.75 Å². The number of rotatable bonds is 11. The van der Waals surface area contributed by atoms with Gasteiger partial charge in [0.15, 0.2) is 17.3 Å². The quantitative estimate of drug-likeness (QED) is 0.349. The van der Waals surface area contributed by atoms with Crippen LogP contribution in [0.25, 0.3) is 10.9 Å². The van der Waals surface area contributed by atoms with Crippen molar-refractivity contribution >= 4 is 10.9 Å². The number of benzene rings is 2. The Morgan fingerprint density at radius 1 is 1.06 bits per heavy atom. The Labute approximate surface area is 199 Å². The average molecular weight is 465 g/mol. The largest absolute Gasteiger partial charge is 0.493 e. The zero-order valence-corrected chi connectivity index (χ0v) is 20.4. The molecule has 0 saturated carbocycles. The SMILES string of the molecule is CC[C@](C)(NCCc1c[nH]c2ccccc12)c1nnnn1Cc1cc(OC)c(OC)c(OC)c1. The van der Waals surface area contributed by atoms with E-state index in [1.165, 1.54) is 10.9 Å². The first-order valence-corrected chi connectivity index (χ1v) is 11.4. The van der Waals surface area contributed by atoms with Gasteiger partial charge in [0.05, 0.1) is 33.4 Å². The lowest BCUT2D eigenvalue weighted by atomic mass is 9.97. The van der Waals surface area contributed by atoms with E-state index in [-0.39, 0.29) is 0 Å². The first-order valence-electron chi connectivity index (χ1n) is 11.4. The Hall–Kier alpha value is -3.59. The van der Waals surface area contributed by atoms with Crippen LogP contribution in [0.15, 0.2) is 42.6 Å². The molecule has 0 spiro atoms. The molecule has 4 rings (SSSR count). The minimum Gasteiger partial charge on any atom is -0.493 e. The van der Waals surface area contributed by atoms with Gasteiger partial charge >= 0.3 is 0 Å². The van der Waals surface area contributed by atoms with Gasteiger partial charge in [-0.3, -0.25) is 0 Å². The van der Waals surface area contributed by atoms with E-state index in [0.29, 0.717) is 23.8 Å². The smallest absolute Gasteiger partial charge is 0.203 e. The monoisotopic (exact) mass is 464 g/mol. The maximum atomic E-state index is 5.50. The van der Waals surface area contributed by atoms with E-state index >= 15 is 0 Å². The van der Waals surface area contributed by atoms with Gasteiger partial charge in [-0.25, -0.2) is 4.68 Å². The van der Waals surface area contributed by atoms with Crippen LogP contribution in [0.5, 0.6) is 17.2 Å². The highest BCUT2D eigenvalue weighted by Gasteiger charge is 2.30. The fraction of sp³-hybridized carbons (Fsp3) is 0.400. The van der Waals surface area contributed by atoms with Crippen LogP contribution in [0.3, 0.4) is 0 Å². The van der Waals surface area contributed by atoms with Gasteiger partial charge in [0, 0.05) is 23.6 Å². The van der Waals surface area contributed by atoms with Gasteiger partial charge in [-0.15, -0.1) is 5.10 Å². The summed E-state index contributed by atoms with van der Waals surface area (Å²) in [6, 6.07) is 12.2. The van der Waals surface area contributed by atoms with E-state index in [4.69, 9.17) is 14.2 Å². The van der Waals surface area contributed by atoms with Crippen LogP contribution in [-0.2, 0) is 18.5 Å². The Morgan fingerprint density at radius 3 is 2.47 bits per heavy atom. The highest BCUT2D eigenvalue weighted by atomic mass is 16.5. The molecule has 0 bridgehead atoms. The number of para-hydroxylation sites is 1. The van der Waals surface area contributed by atoms with E-state index in [1.54, 1.807) is 21.3 Å². The number of tetrazole rings is 1. The maximum Gasteiger partial charge on any atom is 0.203 e. The minimum atomic E-state index is -0.393. The molecule has 0 aliphatic carbocycles. The molecule has 9 nitrogen and oxygen atoms in total. The molecule has 2 aromatic carbocycles. The van der Waals surface area contributed by atoms with Crippen molar-refractivity contribution in [3.05, 3.63) is 59.5 Å². The summed E-state index contributed by atoms with van der Waals surface area (Å²) in [4.78, 5) is 3.35. The summed E-state index contributed by atoms with van der Waals surface area (Å²) in [7, 11) is 4.80. The van der Waals surface area contributed by atoms with E-state index in [0.717, 1.165) is 36.3 Å². The van der Waals surface area contributed by atoms with Crippen molar-refractivity contribution in [1.29, 1.82) is 0 Å². The van der Waals surface area contributed by atoms with Crippen LogP contribution < -0.4 is 19.5 Å². The standard InChI is InChI=1S/C25H32N6O3/c1-6-25(2,27-12-11-18-15-26-20-10-8-7-9-19(18)20)24-28-29-30-31(24)16-17-13-21(32-3)23(34-5)22(14-17)33-4/h7-10,13-15,26-27H,6,11-12,16H2,1-5H3/t25-/m0/s1. The van der Waals surface area contributed by atoms with Gasteiger partial charge in [-0.2, -0.15) is 0 Å². The zero-order valence-electron chi connectivity index (χ0n) is 20.4. The molecule has 9 heteroatoms. The van der Waals surface area contributed by atoms with Crippen molar-refractivity contribution in [2.45, 2.75) is 38.8 Å². The molecule has 180 valence electrons. The molecule has 2 aromatic heterocycles. The van der Waals surface area contributed by atoms with E-state index in [9.17, 15) is 0 Å². The third kappa shape index (κ3) is 4.56. The van der Waals surface area contributed by atoms with Crippen molar-refractivity contribution in [3.63, 3.8) is 0 Å². The predicted molar refractivity (Wildman–Crippen MR) is 131 cm³/mol. The summed E-state index contributed by atoms with van der Waals surface area (Å²) in [5, 5.41) is 17.6. The fourth-order valence-corrected chi connectivity index (χ4v) is 4.28. The molecule has 2 N–H and O–H groups in total. The molecular weight excluding hydrogens is 432 g/mol. The van der Waals surface area contributed by atoms with Crippen LogP contribution >= 0.6 is 0 Å². The van der Waals surface area contributed by atoms with Crippen molar-refractivity contribution in [2.24, 2.45) is 0 Å². The molecule has 0 unspecified atom stereocenters.